The van der Waals surface area contributed by atoms with Gasteiger partial charge in [-0.2, -0.15) is 0 Å². The van der Waals surface area contributed by atoms with E-state index in [0.717, 1.165) is 12.0 Å². The van der Waals surface area contributed by atoms with Crippen molar-refractivity contribution in [1.82, 2.24) is 5.32 Å². The van der Waals surface area contributed by atoms with E-state index in [0.29, 0.717) is 28.9 Å². The predicted octanol–water partition coefficient (Wildman–Crippen LogP) is 2.76. The monoisotopic (exact) mass is 312 g/mol. The van der Waals surface area contributed by atoms with E-state index in [1.807, 2.05) is 13.8 Å². The van der Waals surface area contributed by atoms with Crippen LogP contribution in [0.25, 0.3) is 0 Å². The van der Waals surface area contributed by atoms with Crippen LogP contribution in [0.15, 0.2) is 12.1 Å². The van der Waals surface area contributed by atoms with Crippen molar-refractivity contribution >= 4 is 29.1 Å². The summed E-state index contributed by atoms with van der Waals surface area (Å²) in [6, 6.07) is 3.27. The molecule has 0 bridgehead atoms. The van der Waals surface area contributed by atoms with Crippen LogP contribution in [0.4, 0.5) is 5.69 Å². The van der Waals surface area contributed by atoms with Crippen molar-refractivity contribution in [1.29, 1.82) is 0 Å². The first-order chi connectivity index (χ1) is 9.85. The standard InChI is InChI=1S/C15H21ClN2O3/c1-9(2)5-6-17-14(19)15(20)18-12-7-10(3)11(16)8-13(12)21-4/h7-9H,5-6H2,1-4H3,(H,17,19)(H,18,20). The molecular formula is C15H21ClN2O3. The van der Waals surface area contributed by atoms with Gasteiger partial charge in [0.15, 0.2) is 0 Å². The molecule has 0 aromatic heterocycles. The van der Waals surface area contributed by atoms with E-state index in [4.69, 9.17) is 16.3 Å². The van der Waals surface area contributed by atoms with Crippen molar-refractivity contribution in [2.24, 2.45) is 5.92 Å². The molecule has 0 atom stereocenters. The summed E-state index contributed by atoms with van der Waals surface area (Å²) < 4.78 is 5.14. The minimum atomic E-state index is -0.723. The molecule has 21 heavy (non-hydrogen) atoms. The molecular weight excluding hydrogens is 292 g/mol. The first-order valence-corrected chi connectivity index (χ1v) is 7.16. The van der Waals surface area contributed by atoms with Gasteiger partial charge in [0.1, 0.15) is 5.75 Å². The van der Waals surface area contributed by atoms with Crippen LogP contribution in [0.2, 0.25) is 5.02 Å². The lowest BCUT2D eigenvalue weighted by Crippen LogP contribution is -2.36. The minimum Gasteiger partial charge on any atom is -0.495 e. The molecule has 0 aliphatic rings. The van der Waals surface area contributed by atoms with Crippen molar-refractivity contribution in [3.63, 3.8) is 0 Å². The van der Waals surface area contributed by atoms with Crippen molar-refractivity contribution in [2.75, 3.05) is 19.0 Å². The number of hydrogen-bond acceptors (Lipinski definition) is 3. The molecule has 0 saturated heterocycles. The molecule has 0 spiro atoms. The lowest BCUT2D eigenvalue weighted by molar-refractivity contribution is -0.136. The molecule has 0 fully saturated rings. The molecule has 0 saturated carbocycles. The molecule has 0 heterocycles. The number of anilines is 1. The summed E-state index contributed by atoms with van der Waals surface area (Å²) in [5, 5.41) is 5.65. The number of halogens is 1. The summed E-state index contributed by atoms with van der Waals surface area (Å²) >= 11 is 5.99. The quantitative estimate of drug-likeness (QED) is 0.822. The highest BCUT2D eigenvalue weighted by Gasteiger charge is 2.16. The number of nitrogens with one attached hydrogen (secondary N) is 2. The third kappa shape index (κ3) is 5.27. The zero-order valence-electron chi connectivity index (χ0n) is 12.7. The van der Waals surface area contributed by atoms with Crippen LogP contribution in [0.3, 0.4) is 0 Å². The normalized spacial score (nSPS) is 10.4. The fraction of sp³-hybridized carbons (Fsp3) is 0.467. The predicted molar refractivity (Wildman–Crippen MR) is 83.8 cm³/mol. The highest BCUT2D eigenvalue weighted by molar-refractivity contribution is 6.40. The summed E-state index contributed by atoms with van der Waals surface area (Å²) in [5.74, 6) is -0.509. The van der Waals surface area contributed by atoms with Crippen molar-refractivity contribution in [3.05, 3.63) is 22.7 Å². The average Bonchev–Trinajstić information content (AvgIpc) is 2.41. The summed E-state index contributed by atoms with van der Waals surface area (Å²) in [5.41, 5.74) is 1.20. The van der Waals surface area contributed by atoms with Crippen LogP contribution in [-0.4, -0.2) is 25.5 Å². The third-order valence-electron chi connectivity index (χ3n) is 2.94. The molecule has 116 valence electrons. The maximum absolute atomic E-state index is 11.8. The van der Waals surface area contributed by atoms with Gasteiger partial charge in [0.05, 0.1) is 12.8 Å². The van der Waals surface area contributed by atoms with Gasteiger partial charge in [0.25, 0.3) is 0 Å². The van der Waals surface area contributed by atoms with Crippen LogP contribution in [0, 0.1) is 12.8 Å². The smallest absolute Gasteiger partial charge is 0.313 e. The largest absolute Gasteiger partial charge is 0.495 e. The summed E-state index contributed by atoms with van der Waals surface area (Å²) in [6.07, 6.45) is 0.822. The lowest BCUT2D eigenvalue weighted by Gasteiger charge is -2.12. The Morgan fingerprint density at radius 2 is 1.95 bits per heavy atom. The Labute approximate surface area is 130 Å². The Bertz CT molecular complexity index is 530. The van der Waals surface area contributed by atoms with Crippen LogP contribution in [0.1, 0.15) is 25.8 Å². The van der Waals surface area contributed by atoms with Crippen LogP contribution in [0.5, 0.6) is 5.75 Å². The van der Waals surface area contributed by atoms with Gasteiger partial charge < -0.3 is 15.4 Å². The summed E-state index contributed by atoms with van der Waals surface area (Å²) in [6.45, 7) is 6.38. The first kappa shape index (κ1) is 17.3. The molecule has 2 N–H and O–H groups in total. The van der Waals surface area contributed by atoms with Crippen molar-refractivity contribution in [2.45, 2.75) is 27.2 Å². The van der Waals surface area contributed by atoms with E-state index in [9.17, 15) is 9.59 Å². The molecule has 0 aliphatic carbocycles. The van der Waals surface area contributed by atoms with Crippen LogP contribution < -0.4 is 15.4 Å². The van der Waals surface area contributed by atoms with Gasteiger partial charge in [0.2, 0.25) is 0 Å². The number of benzene rings is 1. The maximum Gasteiger partial charge on any atom is 0.313 e. The van der Waals surface area contributed by atoms with Gasteiger partial charge in [-0.25, -0.2) is 0 Å². The van der Waals surface area contributed by atoms with Gasteiger partial charge in [-0.1, -0.05) is 25.4 Å². The second-order valence-electron chi connectivity index (χ2n) is 5.19. The fourth-order valence-electron chi connectivity index (χ4n) is 1.66. The lowest BCUT2D eigenvalue weighted by atomic mass is 10.1. The summed E-state index contributed by atoms with van der Waals surface area (Å²) in [4.78, 5) is 23.5. The number of hydrogen-bond donors (Lipinski definition) is 2. The number of methoxy groups -OCH3 is 1. The number of aryl methyl sites for hydroxylation is 1. The summed E-state index contributed by atoms with van der Waals surface area (Å²) in [7, 11) is 1.47. The Morgan fingerprint density at radius 3 is 2.52 bits per heavy atom. The van der Waals surface area contributed by atoms with Gasteiger partial charge >= 0.3 is 11.8 Å². The van der Waals surface area contributed by atoms with E-state index in [1.54, 1.807) is 19.1 Å². The molecule has 0 unspecified atom stereocenters. The van der Waals surface area contributed by atoms with Gasteiger partial charge in [-0.05, 0) is 30.9 Å². The van der Waals surface area contributed by atoms with Gasteiger partial charge in [0, 0.05) is 17.6 Å². The Morgan fingerprint density at radius 1 is 1.29 bits per heavy atom. The highest BCUT2D eigenvalue weighted by Crippen LogP contribution is 2.30. The third-order valence-corrected chi connectivity index (χ3v) is 3.35. The number of ether oxygens (including phenoxy) is 1. The molecule has 0 aliphatic heterocycles. The number of carbonyl (C=O) groups is 2. The van der Waals surface area contributed by atoms with Gasteiger partial charge in [-0.15, -0.1) is 0 Å². The van der Waals surface area contributed by atoms with Crippen molar-refractivity contribution < 1.29 is 14.3 Å². The molecule has 5 nitrogen and oxygen atoms in total. The van der Waals surface area contributed by atoms with Crippen LogP contribution in [-0.2, 0) is 9.59 Å². The van der Waals surface area contributed by atoms with Gasteiger partial charge in [-0.3, -0.25) is 9.59 Å². The number of amides is 2. The van der Waals surface area contributed by atoms with E-state index in [-0.39, 0.29) is 0 Å². The molecule has 2 amide bonds. The van der Waals surface area contributed by atoms with Crippen LogP contribution >= 0.6 is 11.6 Å². The second kappa shape index (κ2) is 7.88. The Balaban J connectivity index is 2.70. The molecule has 6 heteroatoms. The SMILES string of the molecule is COc1cc(Cl)c(C)cc1NC(=O)C(=O)NCCC(C)C. The zero-order valence-corrected chi connectivity index (χ0v) is 13.5. The number of rotatable bonds is 5. The fourth-order valence-corrected chi connectivity index (χ4v) is 1.82. The Kier molecular flexibility index (Phi) is 6.49. The molecule has 1 aromatic rings. The maximum atomic E-state index is 11.8. The number of carbonyl (C=O) groups excluding carboxylic acids is 2. The second-order valence-corrected chi connectivity index (χ2v) is 5.60. The molecule has 1 aromatic carbocycles. The topological polar surface area (TPSA) is 67.4 Å². The molecule has 1 rings (SSSR count). The van der Waals surface area contributed by atoms with E-state index in [2.05, 4.69) is 10.6 Å². The van der Waals surface area contributed by atoms with E-state index in [1.165, 1.54) is 7.11 Å². The van der Waals surface area contributed by atoms with E-state index < -0.39 is 11.8 Å². The zero-order chi connectivity index (χ0) is 16.0. The highest BCUT2D eigenvalue weighted by atomic mass is 35.5. The van der Waals surface area contributed by atoms with Crippen molar-refractivity contribution in [3.8, 4) is 5.75 Å². The van der Waals surface area contributed by atoms with E-state index >= 15 is 0 Å². The first-order valence-electron chi connectivity index (χ1n) is 6.78. The Hall–Kier alpha value is -1.75. The average molecular weight is 313 g/mol. The molecule has 0 radical (unpaired) electrons. The minimum absolute atomic E-state index is 0.411.